The maximum atomic E-state index is 12.7. The van der Waals surface area contributed by atoms with Crippen molar-refractivity contribution in [2.45, 2.75) is 56.1 Å². The molecule has 4 heterocycles. The average Bonchev–Trinajstić information content (AvgIpc) is 3.46. The molecule has 4 aliphatic heterocycles. The Morgan fingerprint density at radius 1 is 1.16 bits per heavy atom. The monoisotopic (exact) mass is 346 g/mol. The maximum Gasteiger partial charge on any atom is 0.331 e. The molecule has 0 radical (unpaired) electrons. The molecule has 0 aromatic rings. The second-order valence-corrected chi connectivity index (χ2v) is 8.36. The largest absolute Gasteiger partial charge is 0.459 e. The molecule has 132 valence electrons. The van der Waals surface area contributed by atoms with E-state index in [1.54, 1.807) is 13.0 Å². The fourth-order valence-electron chi connectivity index (χ4n) is 6.34. The van der Waals surface area contributed by atoms with Gasteiger partial charge in [-0.25, -0.2) is 4.79 Å². The van der Waals surface area contributed by atoms with Crippen molar-refractivity contribution < 1.29 is 33.6 Å². The van der Waals surface area contributed by atoms with Crippen LogP contribution in [0.1, 0.15) is 13.8 Å². The van der Waals surface area contributed by atoms with Crippen LogP contribution in [0.3, 0.4) is 0 Å². The number of carbonyl (C=O) groups is 2. The first kappa shape index (κ1) is 14.5. The van der Waals surface area contributed by atoms with Crippen molar-refractivity contribution in [3.8, 4) is 0 Å². The Morgan fingerprint density at radius 2 is 1.92 bits per heavy atom. The number of epoxide rings is 2. The molecule has 2 saturated carbocycles. The molecule has 7 heteroatoms. The lowest BCUT2D eigenvalue weighted by atomic mass is 9.46. The van der Waals surface area contributed by atoms with E-state index in [0.717, 1.165) is 5.57 Å². The molecule has 5 fully saturated rings. The number of carbonyl (C=O) groups excluding carboxylic acids is 2. The molecule has 0 unspecified atom stereocenters. The van der Waals surface area contributed by atoms with Gasteiger partial charge in [0.1, 0.15) is 23.7 Å². The fourth-order valence-corrected chi connectivity index (χ4v) is 6.34. The SMILES string of the molecule is C=C[C@H]1OC(=O)C=C2[C@]3(C)[C@H]4[C@H](OC(=O)[C@@]4(C)[C@@H](O)[C@@H]4O[C@@H]43)[C@H]3O[C@]231. The Bertz CT molecular complexity index is 803. The van der Waals surface area contributed by atoms with Gasteiger partial charge in [-0.1, -0.05) is 13.5 Å². The number of esters is 2. The Kier molecular flexibility index (Phi) is 2.14. The molecular formula is C18H18O7. The smallest absolute Gasteiger partial charge is 0.331 e. The van der Waals surface area contributed by atoms with Crippen molar-refractivity contribution in [2.75, 3.05) is 0 Å². The lowest BCUT2D eigenvalue weighted by molar-refractivity contribution is -0.155. The van der Waals surface area contributed by atoms with Crippen molar-refractivity contribution in [3.05, 3.63) is 24.3 Å². The third-order valence-electron chi connectivity index (χ3n) is 7.47. The number of aliphatic hydroxyl groups excluding tert-OH is 1. The summed E-state index contributed by atoms with van der Waals surface area (Å²) in [5.74, 6) is -1.20. The summed E-state index contributed by atoms with van der Waals surface area (Å²) in [5, 5.41) is 10.7. The van der Waals surface area contributed by atoms with Crippen LogP contribution in [0.25, 0.3) is 0 Å². The topological polar surface area (TPSA) is 97.9 Å². The van der Waals surface area contributed by atoms with Crippen LogP contribution < -0.4 is 0 Å². The van der Waals surface area contributed by atoms with Crippen LogP contribution in [-0.4, -0.2) is 59.3 Å². The highest BCUT2D eigenvalue weighted by Gasteiger charge is 2.88. The zero-order valence-electron chi connectivity index (χ0n) is 13.8. The van der Waals surface area contributed by atoms with Gasteiger partial charge in [0.2, 0.25) is 0 Å². The van der Waals surface area contributed by atoms with Crippen molar-refractivity contribution >= 4 is 11.9 Å². The van der Waals surface area contributed by atoms with Gasteiger partial charge in [0.05, 0.1) is 12.2 Å². The van der Waals surface area contributed by atoms with Gasteiger partial charge in [-0.05, 0) is 18.6 Å². The zero-order valence-corrected chi connectivity index (χ0v) is 13.8. The van der Waals surface area contributed by atoms with E-state index in [0.29, 0.717) is 0 Å². The van der Waals surface area contributed by atoms with E-state index in [-0.39, 0.29) is 12.0 Å². The van der Waals surface area contributed by atoms with Gasteiger partial charge >= 0.3 is 11.9 Å². The molecule has 1 N–H and O–H groups in total. The van der Waals surface area contributed by atoms with E-state index in [2.05, 4.69) is 6.58 Å². The van der Waals surface area contributed by atoms with Crippen LogP contribution >= 0.6 is 0 Å². The van der Waals surface area contributed by atoms with Gasteiger partial charge in [0.25, 0.3) is 0 Å². The van der Waals surface area contributed by atoms with Crippen LogP contribution in [0.2, 0.25) is 0 Å². The van der Waals surface area contributed by atoms with Gasteiger partial charge < -0.3 is 24.1 Å². The predicted molar refractivity (Wildman–Crippen MR) is 80.0 cm³/mol. The maximum absolute atomic E-state index is 12.7. The number of rotatable bonds is 1. The van der Waals surface area contributed by atoms with Crippen LogP contribution in [0.4, 0.5) is 0 Å². The van der Waals surface area contributed by atoms with Gasteiger partial charge in [-0.3, -0.25) is 4.79 Å². The third kappa shape index (κ3) is 1.21. The Labute approximate surface area is 143 Å². The van der Waals surface area contributed by atoms with Crippen LogP contribution in [0.5, 0.6) is 0 Å². The van der Waals surface area contributed by atoms with E-state index in [9.17, 15) is 14.7 Å². The molecule has 3 saturated heterocycles. The summed E-state index contributed by atoms with van der Waals surface area (Å²) in [6.07, 6.45) is -0.125. The van der Waals surface area contributed by atoms with Gasteiger partial charge in [0.15, 0.2) is 11.7 Å². The molecular weight excluding hydrogens is 328 g/mol. The second-order valence-electron chi connectivity index (χ2n) is 8.36. The predicted octanol–water partition coefficient (Wildman–Crippen LogP) is -0.129. The molecule has 0 aromatic heterocycles. The van der Waals surface area contributed by atoms with Crippen LogP contribution in [-0.2, 0) is 28.5 Å². The van der Waals surface area contributed by atoms with Crippen molar-refractivity contribution in [3.63, 3.8) is 0 Å². The van der Waals surface area contributed by atoms with Gasteiger partial charge in [0, 0.05) is 17.4 Å². The molecule has 1 spiro atoms. The Morgan fingerprint density at radius 3 is 2.64 bits per heavy atom. The third-order valence-corrected chi connectivity index (χ3v) is 7.47. The molecule has 6 aliphatic rings. The number of aliphatic hydroxyl groups is 1. The van der Waals surface area contributed by atoms with E-state index >= 15 is 0 Å². The molecule has 0 aromatic carbocycles. The number of ether oxygens (including phenoxy) is 4. The Balaban J connectivity index is 1.62. The Hall–Kier alpha value is -1.70. The number of hydrogen-bond donors (Lipinski definition) is 1. The lowest BCUT2D eigenvalue weighted by Gasteiger charge is -2.53. The molecule has 25 heavy (non-hydrogen) atoms. The molecule has 6 rings (SSSR count). The highest BCUT2D eigenvalue weighted by Crippen LogP contribution is 2.75. The minimum Gasteiger partial charge on any atom is -0.459 e. The summed E-state index contributed by atoms with van der Waals surface area (Å²) < 4.78 is 23.0. The summed E-state index contributed by atoms with van der Waals surface area (Å²) in [6, 6.07) is 0. The van der Waals surface area contributed by atoms with Gasteiger partial charge in [-0.15, -0.1) is 0 Å². The number of cyclic esters (lactones) is 1. The minimum absolute atomic E-state index is 0.276. The van der Waals surface area contributed by atoms with E-state index in [1.165, 1.54) is 6.08 Å². The summed E-state index contributed by atoms with van der Waals surface area (Å²) >= 11 is 0. The zero-order chi connectivity index (χ0) is 17.5. The molecule has 10 atom stereocenters. The lowest BCUT2D eigenvalue weighted by Crippen LogP contribution is -2.65. The average molecular weight is 346 g/mol. The highest BCUT2D eigenvalue weighted by molar-refractivity contribution is 5.88. The minimum atomic E-state index is -1.08. The summed E-state index contributed by atoms with van der Waals surface area (Å²) in [6.45, 7) is 7.51. The first-order valence-corrected chi connectivity index (χ1v) is 8.59. The molecule has 7 nitrogen and oxygen atoms in total. The fraction of sp³-hybridized carbons (Fsp3) is 0.667. The van der Waals surface area contributed by atoms with Crippen molar-refractivity contribution in [1.29, 1.82) is 0 Å². The van der Waals surface area contributed by atoms with Crippen LogP contribution in [0.15, 0.2) is 24.3 Å². The van der Waals surface area contributed by atoms with Crippen molar-refractivity contribution in [1.82, 2.24) is 0 Å². The van der Waals surface area contributed by atoms with Gasteiger partial charge in [-0.2, -0.15) is 0 Å². The van der Waals surface area contributed by atoms with E-state index < -0.39 is 58.9 Å². The van der Waals surface area contributed by atoms with Crippen LogP contribution in [0, 0.1) is 16.7 Å². The number of fused-ring (bicyclic) bond motifs is 4. The normalized spacial score (nSPS) is 62.4. The molecule has 0 bridgehead atoms. The van der Waals surface area contributed by atoms with E-state index in [4.69, 9.17) is 18.9 Å². The summed E-state index contributed by atoms with van der Waals surface area (Å²) in [7, 11) is 0. The number of hydrogen-bond acceptors (Lipinski definition) is 7. The molecule has 0 amide bonds. The second kappa shape index (κ2) is 3.70. The highest BCUT2D eigenvalue weighted by atomic mass is 16.7. The molecule has 2 aliphatic carbocycles. The first-order valence-electron chi connectivity index (χ1n) is 8.59. The van der Waals surface area contributed by atoms with Crippen molar-refractivity contribution in [2.24, 2.45) is 16.7 Å². The summed E-state index contributed by atoms with van der Waals surface area (Å²) in [4.78, 5) is 24.9. The van der Waals surface area contributed by atoms with E-state index in [1.807, 2.05) is 6.92 Å². The summed E-state index contributed by atoms with van der Waals surface area (Å²) in [5.41, 5.74) is -1.78. The quantitative estimate of drug-likeness (QED) is 0.401. The standard InChI is InChI=1S/C18H18O7/c1-4-7-18-6(5-8(19)22-7)16(2)11-9(14(18)25-18)24-15(21)17(11,3)12(20)10-13(16)23-10/h4-5,7,9-14,20H,1H2,2-3H3/t7-,9+,10+,11-,12+,13+,14-,16-,17-,18+/m1/s1. The first-order chi connectivity index (χ1) is 11.8.